The second-order valence-electron chi connectivity index (χ2n) is 17.8. The number of nitrogens with one attached hydrogen (secondary N) is 3. The van der Waals surface area contributed by atoms with Gasteiger partial charge in [0.25, 0.3) is 0 Å². The minimum absolute atomic E-state index is 0.00982. The molecule has 0 spiro atoms. The fraction of sp³-hybridized carbons (Fsp3) is 0.339. The van der Waals surface area contributed by atoms with Gasteiger partial charge in [-0.25, -0.2) is 0 Å². The summed E-state index contributed by atoms with van der Waals surface area (Å²) in [6.45, 7) is 18.8. The Bertz CT molecular complexity index is 2490. The predicted octanol–water partition coefficient (Wildman–Crippen LogP) is 10.6. The molecule has 0 aliphatic heterocycles. The monoisotopic (exact) mass is 916 g/mol. The molecule has 9 nitrogen and oxygen atoms in total. The van der Waals surface area contributed by atoms with E-state index >= 15 is 0 Å². The Balaban J connectivity index is 0.000000254. The summed E-state index contributed by atoms with van der Waals surface area (Å²) in [4.78, 5) is 43.3. The van der Waals surface area contributed by atoms with Crippen LogP contribution in [-0.4, -0.2) is 63.7 Å². The number of rotatable bonds is 21. The highest BCUT2D eigenvalue weighted by molar-refractivity contribution is 5.99. The van der Waals surface area contributed by atoms with Gasteiger partial charge in [0.2, 0.25) is 17.7 Å². The molecule has 0 fully saturated rings. The van der Waals surface area contributed by atoms with E-state index in [1.165, 1.54) is 45.9 Å². The van der Waals surface area contributed by atoms with Gasteiger partial charge in [-0.2, -0.15) is 0 Å². The standard InChI is InChI=1S/C30H38N2O2.C29H35N3O2/c1-6-27(21-34-5)31-29(26-10-8-7-9-11-26)30(33)32(28-17-14-23(3)24(4)20-28)19-18-25-15-12-22(2)13-16-25;1-21-10-13-25(14-11-21)16-19-32(27-15-12-22(2)23(3)20-27)29(34)28(26-8-6-5-7-9-26)31-18-17-30-24(4)33/h7-17,20,27,29,31H,6,18-19,21H2,1-5H3;5-15,20,28,31H,16-19H2,1-4H3,(H,30,33). The van der Waals surface area contributed by atoms with Crippen molar-refractivity contribution >= 4 is 29.1 Å². The van der Waals surface area contributed by atoms with E-state index in [4.69, 9.17) is 4.74 Å². The zero-order valence-electron chi connectivity index (χ0n) is 41.8. The number of hydrogen-bond donors (Lipinski definition) is 3. The molecule has 3 atom stereocenters. The van der Waals surface area contributed by atoms with Crippen molar-refractivity contribution in [2.45, 2.75) is 92.8 Å². The lowest BCUT2D eigenvalue weighted by Gasteiger charge is -2.31. The molecule has 6 rings (SSSR count). The van der Waals surface area contributed by atoms with Crippen molar-refractivity contribution in [3.05, 3.63) is 201 Å². The number of ether oxygens (including phenoxy) is 1. The number of carbonyl (C=O) groups excluding carboxylic acids is 3. The Morgan fingerprint density at radius 3 is 1.40 bits per heavy atom. The van der Waals surface area contributed by atoms with E-state index in [1.807, 2.05) is 76.5 Å². The van der Waals surface area contributed by atoms with Crippen molar-refractivity contribution in [3.8, 4) is 0 Å². The van der Waals surface area contributed by atoms with Crippen LogP contribution in [0.25, 0.3) is 0 Å². The maximum absolute atomic E-state index is 14.2. The molecule has 0 aliphatic rings. The zero-order valence-corrected chi connectivity index (χ0v) is 41.8. The molecule has 0 aromatic heterocycles. The van der Waals surface area contributed by atoms with Gasteiger partial charge in [-0.05, 0) is 130 Å². The van der Waals surface area contributed by atoms with Crippen molar-refractivity contribution in [1.29, 1.82) is 0 Å². The average molecular weight is 916 g/mol. The third kappa shape index (κ3) is 15.9. The molecule has 0 saturated heterocycles. The molecule has 3 amide bonds. The maximum atomic E-state index is 14.2. The maximum Gasteiger partial charge on any atom is 0.248 e. The second kappa shape index (κ2) is 26.8. The number of hydrogen-bond acceptors (Lipinski definition) is 6. The van der Waals surface area contributed by atoms with Gasteiger partial charge in [-0.1, -0.05) is 139 Å². The first-order valence-corrected chi connectivity index (χ1v) is 24.0. The van der Waals surface area contributed by atoms with Crippen LogP contribution in [0.1, 0.15) is 88.0 Å². The fourth-order valence-electron chi connectivity index (χ4n) is 7.95. The van der Waals surface area contributed by atoms with Crippen molar-refractivity contribution in [2.75, 3.05) is 49.7 Å². The topological polar surface area (TPSA) is 103 Å². The van der Waals surface area contributed by atoms with Crippen molar-refractivity contribution in [3.63, 3.8) is 0 Å². The molecule has 0 bridgehead atoms. The number of methoxy groups -OCH3 is 1. The summed E-state index contributed by atoms with van der Waals surface area (Å²) in [6, 6.07) is 48.3. The van der Waals surface area contributed by atoms with E-state index in [2.05, 4.69) is 143 Å². The Morgan fingerprint density at radius 1 is 0.544 bits per heavy atom. The summed E-state index contributed by atoms with van der Waals surface area (Å²) < 4.78 is 5.41. The Morgan fingerprint density at radius 2 is 0.985 bits per heavy atom. The number of amides is 3. The number of aryl methyl sites for hydroxylation is 6. The van der Waals surface area contributed by atoms with Crippen LogP contribution in [0.15, 0.2) is 146 Å². The van der Waals surface area contributed by atoms with Crippen LogP contribution in [0, 0.1) is 41.5 Å². The van der Waals surface area contributed by atoms with Gasteiger partial charge in [0, 0.05) is 57.6 Å². The molecule has 358 valence electrons. The lowest BCUT2D eigenvalue weighted by molar-refractivity contribution is -0.121. The molecule has 0 saturated carbocycles. The van der Waals surface area contributed by atoms with E-state index in [0.717, 1.165) is 47.3 Å². The van der Waals surface area contributed by atoms with Crippen LogP contribution < -0.4 is 25.8 Å². The van der Waals surface area contributed by atoms with Gasteiger partial charge in [-0.3, -0.25) is 19.7 Å². The first kappa shape index (κ1) is 52.6. The predicted molar refractivity (Wildman–Crippen MR) is 280 cm³/mol. The molecule has 9 heteroatoms. The molecular weight excluding hydrogens is 843 g/mol. The third-order valence-corrected chi connectivity index (χ3v) is 12.5. The lowest BCUT2D eigenvalue weighted by Crippen LogP contribution is -2.46. The highest BCUT2D eigenvalue weighted by atomic mass is 16.5. The van der Waals surface area contributed by atoms with E-state index in [9.17, 15) is 14.4 Å². The minimum atomic E-state index is -0.519. The van der Waals surface area contributed by atoms with E-state index in [0.29, 0.717) is 32.8 Å². The largest absolute Gasteiger partial charge is 0.383 e. The van der Waals surface area contributed by atoms with Gasteiger partial charge < -0.3 is 25.2 Å². The second-order valence-corrected chi connectivity index (χ2v) is 17.8. The minimum Gasteiger partial charge on any atom is -0.383 e. The normalized spacial score (nSPS) is 12.2. The molecule has 68 heavy (non-hydrogen) atoms. The van der Waals surface area contributed by atoms with Gasteiger partial charge in [0.05, 0.1) is 6.61 Å². The average Bonchev–Trinajstić information content (AvgIpc) is 3.34. The van der Waals surface area contributed by atoms with Crippen LogP contribution in [0.4, 0.5) is 11.4 Å². The van der Waals surface area contributed by atoms with Crippen molar-refractivity contribution in [2.24, 2.45) is 0 Å². The van der Waals surface area contributed by atoms with E-state index < -0.39 is 12.1 Å². The molecule has 3 N–H and O–H groups in total. The van der Waals surface area contributed by atoms with Gasteiger partial charge in [0.15, 0.2) is 0 Å². The molecule has 0 aliphatic carbocycles. The fourth-order valence-corrected chi connectivity index (χ4v) is 7.95. The van der Waals surface area contributed by atoms with Crippen LogP contribution in [0.5, 0.6) is 0 Å². The molecule has 3 unspecified atom stereocenters. The summed E-state index contributed by atoms with van der Waals surface area (Å²) in [7, 11) is 1.70. The Kier molecular flexibility index (Phi) is 20.7. The SMILES string of the molecule is CC(=O)NCCNC(C(=O)N(CCc1ccc(C)cc1)c1ccc(C)c(C)c1)c1ccccc1.CCC(COC)NC(C(=O)N(CCc1ccc(C)cc1)c1ccc(C)c(C)c1)c1ccccc1. The lowest BCUT2D eigenvalue weighted by atomic mass is 10.0. The number of carbonyl (C=O) groups is 3. The number of anilines is 2. The van der Waals surface area contributed by atoms with Gasteiger partial charge >= 0.3 is 0 Å². The molecule has 0 radical (unpaired) electrons. The number of nitrogens with zero attached hydrogens (tertiary/aromatic N) is 2. The summed E-state index contributed by atoms with van der Waals surface area (Å²) >= 11 is 0. The van der Waals surface area contributed by atoms with Gasteiger partial charge in [-0.15, -0.1) is 0 Å². The van der Waals surface area contributed by atoms with Crippen molar-refractivity contribution < 1.29 is 19.1 Å². The summed E-state index contributed by atoms with van der Waals surface area (Å²) in [5, 5.41) is 9.74. The Labute approximate surface area is 406 Å². The molecule has 6 aromatic carbocycles. The first-order valence-electron chi connectivity index (χ1n) is 24.0. The zero-order chi connectivity index (χ0) is 49.0. The Hall–Kier alpha value is -6.39. The summed E-state index contributed by atoms with van der Waals surface area (Å²) in [5.74, 6) is -0.0419. The van der Waals surface area contributed by atoms with Crippen LogP contribution in [0.3, 0.4) is 0 Å². The summed E-state index contributed by atoms with van der Waals surface area (Å²) in [6.07, 6.45) is 2.42. The smallest absolute Gasteiger partial charge is 0.248 e. The van der Waals surface area contributed by atoms with Crippen molar-refractivity contribution in [1.82, 2.24) is 16.0 Å². The van der Waals surface area contributed by atoms with Crippen LogP contribution in [-0.2, 0) is 32.0 Å². The van der Waals surface area contributed by atoms with Crippen LogP contribution >= 0.6 is 0 Å². The molecule has 0 heterocycles. The third-order valence-electron chi connectivity index (χ3n) is 12.5. The highest BCUT2D eigenvalue weighted by Crippen LogP contribution is 2.27. The van der Waals surface area contributed by atoms with E-state index in [-0.39, 0.29) is 23.8 Å². The number of benzene rings is 6. The van der Waals surface area contributed by atoms with Gasteiger partial charge in [0.1, 0.15) is 12.1 Å². The quantitative estimate of drug-likeness (QED) is 0.0622. The molecule has 6 aromatic rings. The van der Waals surface area contributed by atoms with Crippen LogP contribution in [0.2, 0.25) is 0 Å². The highest BCUT2D eigenvalue weighted by Gasteiger charge is 2.30. The summed E-state index contributed by atoms with van der Waals surface area (Å²) in [5.41, 5.74) is 13.3. The molecular formula is C59H73N5O4. The first-order chi connectivity index (χ1) is 32.8. The van der Waals surface area contributed by atoms with E-state index in [1.54, 1.807) is 7.11 Å².